The standard InChI is InChI=1S/C17H17ClN4O3/c1-3-12-13-14(19-9-10-7-5-6-8-11(10)18)20-15(17(23)24-4-2)21-16(13)25-22-12/h5-8H,3-4,9H2,1-2H3,(H,19,20,21). The fraction of sp³-hybridized carbons (Fsp3) is 0.294. The van der Waals surface area contributed by atoms with Gasteiger partial charge in [0.25, 0.3) is 5.71 Å². The Morgan fingerprint density at radius 2 is 2.08 bits per heavy atom. The lowest BCUT2D eigenvalue weighted by atomic mass is 10.2. The number of carbonyl (C=O) groups excluding carboxylic acids is 1. The zero-order valence-corrected chi connectivity index (χ0v) is 14.6. The molecule has 0 aliphatic heterocycles. The van der Waals surface area contributed by atoms with E-state index in [1.54, 1.807) is 6.92 Å². The van der Waals surface area contributed by atoms with Gasteiger partial charge in [0.15, 0.2) is 0 Å². The first-order chi connectivity index (χ1) is 12.1. The Balaban J connectivity index is 2.00. The lowest BCUT2D eigenvalue weighted by Crippen LogP contribution is -2.12. The van der Waals surface area contributed by atoms with Crippen molar-refractivity contribution in [2.24, 2.45) is 0 Å². The first-order valence-electron chi connectivity index (χ1n) is 7.94. The fourth-order valence-electron chi connectivity index (χ4n) is 2.39. The summed E-state index contributed by atoms with van der Waals surface area (Å²) in [6.45, 7) is 4.34. The average molecular weight is 361 g/mol. The van der Waals surface area contributed by atoms with E-state index in [-0.39, 0.29) is 18.1 Å². The highest BCUT2D eigenvalue weighted by molar-refractivity contribution is 6.31. The van der Waals surface area contributed by atoms with Gasteiger partial charge in [0.1, 0.15) is 11.2 Å². The summed E-state index contributed by atoms with van der Waals surface area (Å²) in [5, 5.41) is 8.50. The molecule has 0 unspecified atom stereocenters. The van der Waals surface area contributed by atoms with Crippen LogP contribution < -0.4 is 5.32 Å². The number of esters is 1. The van der Waals surface area contributed by atoms with Crippen LogP contribution in [0.1, 0.15) is 35.7 Å². The summed E-state index contributed by atoms with van der Waals surface area (Å²) in [5.74, 6) is -0.222. The molecule has 3 rings (SSSR count). The number of aryl methyl sites for hydroxylation is 1. The Morgan fingerprint density at radius 1 is 1.28 bits per heavy atom. The number of ether oxygens (including phenoxy) is 1. The molecule has 0 amide bonds. The first kappa shape index (κ1) is 17.2. The second-order valence-corrected chi connectivity index (χ2v) is 5.63. The summed E-state index contributed by atoms with van der Waals surface area (Å²) in [7, 11) is 0. The van der Waals surface area contributed by atoms with Crippen molar-refractivity contribution in [1.29, 1.82) is 0 Å². The molecule has 2 heterocycles. The van der Waals surface area contributed by atoms with Gasteiger partial charge in [0.2, 0.25) is 5.82 Å². The van der Waals surface area contributed by atoms with Gasteiger partial charge in [0, 0.05) is 11.6 Å². The van der Waals surface area contributed by atoms with E-state index in [4.69, 9.17) is 20.9 Å². The second-order valence-electron chi connectivity index (χ2n) is 5.22. The number of hydrogen-bond donors (Lipinski definition) is 1. The third-order valence-electron chi connectivity index (χ3n) is 3.60. The van der Waals surface area contributed by atoms with Crippen molar-refractivity contribution in [2.75, 3.05) is 11.9 Å². The molecule has 0 saturated carbocycles. The quantitative estimate of drug-likeness (QED) is 0.671. The van der Waals surface area contributed by atoms with E-state index in [1.807, 2.05) is 31.2 Å². The Bertz CT molecular complexity index is 910. The van der Waals surface area contributed by atoms with E-state index >= 15 is 0 Å². The maximum absolute atomic E-state index is 12.0. The normalized spacial score (nSPS) is 10.8. The molecule has 0 atom stereocenters. The molecule has 0 bridgehead atoms. The van der Waals surface area contributed by atoms with Crippen LogP contribution in [-0.4, -0.2) is 27.7 Å². The average Bonchev–Trinajstić information content (AvgIpc) is 3.04. The molecular weight excluding hydrogens is 344 g/mol. The van der Waals surface area contributed by atoms with Crippen molar-refractivity contribution in [3.63, 3.8) is 0 Å². The minimum Gasteiger partial charge on any atom is -0.460 e. The van der Waals surface area contributed by atoms with Crippen molar-refractivity contribution in [3.05, 3.63) is 46.4 Å². The number of anilines is 1. The molecule has 0 spiro atoms. The Morgan fingerprint density at radius 3 is 2.80 bits per heavy atom. The fourth-order valence-corrected chi connectivity index (χ4v) is 2.59. The Hall–Kier alpha value is -2.67. The monoisotopic (exact) mass is 360 g/mol. The number of carbonyl (C=O) groups is 1. The van der Waals surface area contributed by atoms with Gasteiger partial charge in [-0.25, -0.2) is 9.78 Å². The molecule has 0 fully saturated rings. The zero-order chi connectivity index (χ0) is 17.8. The topological polar surface area (TPSA) is 90.1 Å². The van der Waals surface area contributed by atoms with E-state index in [1.165, 1.54) is 0 Å². The van der Waals surface area contributed by atoms with Gasteiger partial charge in [-0.3, -0.25) is 0 Å². The van der Waals surface area contributed by atoms with Crippen molar-refractivity contribution in [2.45, 2.75) is 26.8 Å². The van der Waals surface area contributed by atoms with Gasteiger partial charge < -0.3 is 14.6 Å². The molecule has 25 heavy (non-hydrogen) atoms. The Kier molecular flexibility index (Phi) is 5.14. The van der Waals surface area contributed by atoms with Gasteiger partial charge in [-0.05, 0) is 25.0 Å². The third-order valence-corrected chi connectivity index (χ3v) is 3.97. The van der Waals surface area contributed by atoms with E-state index < -0.39 is 5.97 Å². The number of benzene rings is 1. The lowest BCUT2D eigenvalue weighted by molar-refractivity contribution is 0.0512. The predicted octanol–water partition coefficient (Wildman–Crippen LogP) is 3.62. The van der Waals surface area contributed by atoms with Crippen molar-refractivity contribution in [1.82, 2.24) is 15.1 Å². The maximum Gasteiger partial charge on any atom is 0.376 e. The largest absolute Gasteiger partial charge is 0.460 e. The lowest BCUT2D eigenvalue weighted by Gasteiger charge is -2.09. The van der Waals surface area contributed by atoms with Crippen LogP contribution in [0.5, 0.6) is 0 Å². The molecule has 1 N–H and O–H groups in total. The summed E-state index contributed by atoms with van der Waals surface area (Å²) in [6, 6.07) is 7.49. The molecule has 3 aromatic rings. The summed E-state index contributed by atoms with van der Waals surface area (Å²) in [5.41, 5.74) is 1.87. The Labute approximate surface area is 149 Å². The van der Waals surface area contributed by atoms with Crippen LogP contribution in [0.25, 0.3) is 11.1 Å². The highest BCUT2D eigenvalue weighted by atomic mass is 35.5. The molecule has 0 radical (unpaired) electrons. The molecular formula is C17H17ClN4O3. The zero-order valence-electron chi connectivity index (χ0n) is 13.9. The van der Waals surface area contributed by atoms with Gasteiger partial charge in [-0.1, -0.05) is 41.9 Å². The third kappa shape index (κ3) is 3.56. The summed E-state index contributed by atoms with van der Waals surface area (Å²) >= 11 is 6.19. The van der Waals surface area contributed by atoms with Gasteiger partial charge >= 0.3 is 5.97 Å². The predicted molar refractivity (Wildman–Crippen MR) is 93.7 cm³/mol. The van der Waals surface area contributed by atoms with E-state index in [0.717, 1.165) is 5.56 Å². The van der Waals surface area contributed by atoms with E-state index in [0.29, 0.717) is 34.9 Å². The van der Waals surface area contributed by atoms with Gasteiger partial charge in [-0.2, -0.15) is 4.98 Å². The van der Waals surface area contributed by atoms with Crippen LogP contribution >= 0.6 is 11.6 Å². The van der Waals surface area contributed by atoms with Crippen molar-refractivity contribution < 1.29 is 14.1 Å². The smallest absolute Gasteiger partial charge is 0.376 e. The molecule has 0 saturated heterocycles. The molecule has 8 heteroatoms. The number of halogens is 1. The number of fused-ring (bicyclic) bond motifs is 1. The van der Waals surface area contributed by atoms with Crippen LogP contribution in [0.3, 0.4) is 0 Å². The van der Waals surface area contributed by atoms with Crippen LogP contribution in [0.2, 0.25) is 5.02 Å². The summed E-state index contributed by atoms with van der Waals surface area (Å²) in [4.78, 5) is 20.4. The van der Waals surface area contributed by atoms with E-state index in [2.05, 4.69) is 20.4 Å². The number of hydrogen-bond acceptors (Lipinski definition) is 7. The van der Waals surface area contributed by atoms with Gasteiger partial charge in [-0.15, -0.1) is 0 Å². The van der Waals surface area contributed by atoms with Crippen LogP contribution in [0.15, 0.2) is 28.8 Å². The highest BCUT2D eigenvalue weighted by Crippen LogP contribution is 2.26. The highest BCUT2D eigenvalue weighted by Gasteiger charge is 2.20. The van der Waals surface area contributed by atoms with E-state index in [9.17, 15) is 4.79 Å². The molecule has 130 valence electrons. The minimum atomic E-state index is -0.611. The molecule has 0 aliphatic carbocycles. The maximum atomic E-state index is 12.0. The van der Waals surface area contributed by atoms with Crippen LogP contribution in [0, 0.1) is 0 Å². The number of nitrogens with one attached hydrogen (secondary N) is 1. The van der Waals surface area contributed by atoms with Crippen molar-refractivity contribution >= 4 is 34.5 Å². The summed E-state index contributed by atoms with van der Waals surface area (Å²) in [6.07, 6.45) is 0.649. The minimum absolute atomic E-state index is 0.0742. The summed E-state index contributed by atoms with van der Waals surface area (Å²) < 4.78 is 10.2. The SMILES string of the molecule is CCOC(=O)c1nc(NCc2ccccc2Cl)c2c(CC)noc2n1. The van der Waals surface area contributed by atoms with Crippen LogP contribution in [-0.2, 0) is 17.7 Å². The number of rotatable bonds is 6. The van der Waals surface area contributed by atoms with Crippen molar-refractivity contribution in [3.8, 4) is 0 Å². The molecule has 2 aromatic heterocycles. The molecule has 7 nitrogen and oxygen atoms in total. The van der Waals surface area contributed by atoms with Crippen LogP contribution in [0.4, 0.5) is 5.82 Å². The number of nitrogens with zero attached hydrogens (tertiary/aromatic N) is 3. The second kappa shape index (κ2) is 7.48. The first-order valence-corrected chi connectivity index (χ1v) is 8.32. The molecule has 0 aliphatic rings. The van der Waals surface area contributed by atoms with Gasteiger partial charge in [0.05, 0.1) is 12.3 Å². The molecule has 1 aromatic carbocycles. The number of aromatic nitrogens is 3.